The Balaban J connectivity index is 1.70. The minimum atomic E-state index is -0.469. The lowest BCUT2D eigenvalue weighted by molar-refractivity contribution is -0.149. The fourth-order valence-corrected chi connectivity index (χ4v) is 4.06. The largest absolute Gasteiger partial charge is 0.466 e. The molecule has 0 unspecified atom stereocenters. The molecule has 0 saturated carbocycles. The van der Waals surface area contributed by atoms with Gasteiger partial charge >= 0.3 is 5.97 Å². The molecule has 0 N–H and O–H groups in total. The molecule has 0 radical (unpaired) electrons. The maximum atomic E-state index is 13.4. The molecule has 1 aliphatic heterocycles. The molecule has 32 heavy (non-hydrogen) atoms. The highest BCUT2D eigenvalue weighted by atomic mass is 19.1. The molecule has 7 nitrogen and oxygen atoms in total. The number of ether oxygens (including phenoxy) is 1. The molecule has 1 aromatic carbocycles. The first-order valence-corrected chi connectivity index (χ1v) is 10.7. The number of likely N-dealkylation sites (tertiary alicyclic amines) is 1. The van der Waals surface area contributed by atoms with Crippen LogP contribution in [0.3, 0.4) is 0 Å². The van der Waals surface area contributed by atoms with Crippen molar-refractivity contribution in [2.75, 3.05) is 19.7 Å². The third-order valence-electron chi connectivity index (χ3n) is 5.66. The number of carbonyl (C=O) groups excluding carboxylic acids is 2. The molecule has 0 bridgehead atoms. The molecule has 4 rings (SSSR count). The number of aromatic nitrogens is 2. The van der Waals surface area contributed by atoms with Gasteiger partial charge in [0.2, 0.25) is 0 Å². The lowest BCUT2D eigenvalue weighted by Crippen LogP contribution is -2.44. The van der Waals surface area contributed by atoms with Gasteiger partial charge in [-0.15, -0.1) is 0 Å². The summed E-state index contributed by atoms with van der Waals surface area (Å²) in [6.45, 7) is 2.88. The Hall–Kier alpha value is -3.55. The zero-order chi connectivity index (χ0) is 22.7. The van der Waals surface area contributed by atoms with Crippen LogP contribution in [0.1, 0.15) is 35.7 Å². The highest BCUT2D eigenvalue weighted by molar-refractivity contribution is 5.97. The van der Waals surface area contributed by atoms with E-state index >= 15 is 0 Å². The SMILES string of the molecule is CCOC(=O)[C@H]1CCCN(C(=O)c2cc3cccnc3n(Cc3ccc(F)cc3)c2=O)C1. The van der Waals surface area contributed by atoms with Crippen molar-refractivity contribution < 1.29 is 18.7 Å². The van der Waals surface area contributed by atoms with Crippen molar-refractivity contribution in [3.8, 4) is 0 Å². The molecule has 3 heterocycles. The predicted octanol–water partition coefficient (Wildman–Crippen LogP) is 3.00. The van der Waals surface area contributed by atoms with E-state index in [1.807, 2.05) is 0 Å². The van der Waals surface area contributed by atoms with Gasteiger partial charge in [0.05, 0.1) is 19.1 Å². The van der Waals surface area contributed by atoms with Crippen LogP contribution in [-0.2, 0) is 16.1 Å². The topological polar surface area (TPSA) is 81.5 Å². The minimum absolute atomic E-state index is 0.0251. The van der Waals surface area contributed by atoms with Crippen molar-refractivity contribution in [1.82, 2.24) is 14.5 Å². The van der Waals surface area contributed by atoms with Gasteiger partial charge in [0, 0.05) is 24.7 Å². The molecule has 1 aliphatic rings. The van der Waals surface area contributed by atoms with Crippen molar-refractivity contribution in [3.63, 3.8) is 0 Å². The summed E-state index contributed by atoms with van der Waals surface area (Å²) < 4.78 is 19.9. The molecule has 1 amide bonds. The molecule has 1 fully saturated rings. The van der Waals surface area contributed by atoms with E-state index in [-0.39, 0.29) is 37.0 Å². The highest BCUT2D eigenvalue weighted by Gasteiger charge is 2.31. The number of hydrogen-bond acceptors (Lipinski definition) is 5. The Bertz CT molecular complexity index is 1210. The van der Waals surface area contributed by atoms with Gasteiger partial charge in [0.15, 0.2) is 0 Å². The van der Waals surface area contributed by atoms with Gasteiger partial charge in [-0.25, -0.2) is 9.37 Å². The molecule has 3 aromatic rings. The van der Waals surface area contributed by atoms with Crippen molar-refractivity contribution >= 4 is 22.9 Å². The van der Waals surface area contributed by atoms with E-state index in [0.29, 0.717) is 36.0 Å². The zero-order valence-corrected chi connectivity index (χ0v) is 17.8. The number of carbonyl (C=O) groups is 2. The smallest absolute Gasteiger partial charge is 0.310 e. The van der Waals surface area contributed by atoms with Gasteiger partial charge in [-0.2, -0.15) is 0 Å². The molecule has 8 heteroatoms. The van der Waals surface area contributed by atoms with Crippen LogP contribution >= 0.6 is 0 Å². The maximum Gasteiger partial charge on any atom is 0.310 e. The molecule has 166 valence electrons. The highest BCUT2D eigenvalue weighted by Crippen LogP contribution is 2.21. The van der Waals surface area contributed by atoms with Crippen molar-refractivity contribution in [2.45, 2.75) is 26.3 Å². The van der Waals surface area contributed by atoms with Gasteiger partial charge in [-0.3, -0.25) is 19.0 Å². The summed E-state index contributed by atoms with van der Waals surface area (Å²) >= 11 is 0. The number of pyridine rings is 2. The van der Waals surface area contributed by atoms with E-state index in [0.717, 1.165) is 0 Å². The number of benzene rings is 1. The number of nitrogens with zero attached hydrogens (tertiary/aromatic N) is 3. The summed E-state index contributed by atoms with van der Waals surface area (Å²) in [6.07, 6.45) is 2.90. The number of rotatable bonds is 5. The van der Waals surface area contributed by atoms with Crippen LogP contribution in [0.5, 0.6) is 0 Å². The predicted molar refractivity (Wildman–Crippen MR) is 117 cm³/mol. The Morgan fingerprint density at radius 2 is 2.00 bits per heavy atom. The molecule has 0 aliphatic carbocycles. The van der Waals surface area contributed by atoms with E-state index in [1.165, 1.54) is 16.7 Å². The van der Waals surface area contributed by atoms with Crippen LogP contribution in [0.25, 0.3) is 11.0 Å². The Morgan fingerprint density at radius 1 is 1.22 bits per heavy atom. The van der Waals surface area contributed by atoms with Gasteiger partial charge in [0.25, 0.3) is 11.5 Å². The summed E-state index contributed by atoms with van der Waals surface area (Å²) in [6, 6.07) is 10.9. The van der Waals surface area contributed by atoms with Gasteiger partial charge in [-0.05, 0) is 55.7 Å². The third kappa shape index (κ3) is 4.39. The van der Waals surface area contributed by atoms with E-state index in [2.05, 4.69) is 4.98 Å². The van der Waals surface area contributed by atoms with E-state index < -0.39 is 17.4 Å². The third-order valence-corrected chi connectivity index (χ3v) is 5.66. The Morgan fingerprint density at radius 3 is 2.75 bits per heavy atom. The first kappa shape index (κ1) is 21.7. The van der Waals surface area contributed by atoms with Crippen LogP contribution in [-0.4, -0.2) is 46.0 Å². The number of piperidine rings is 1. The summed E-state index contributed by atoms with van der Waals surface area (Å²) in [5.41, 5.74) is 0.715. The summed E-state index contributed by atoms with van der Waals surface area (Å²) in [4.78, 5) is 44.7. The number of hydrogen-bond donors (Lipinski definition) is 0. The molecule has 1 atom stereocenters. The standard InChI is InChI=1S/C24H24FN3O4/c1-2-32-24(31)18-6-4-12-27(15-18)22(29)20-13-17-5-3-11-26-21(17)28(23(20)30)14-16-7-9-19(25)10-8-16/h3,5,7-11,13,18H,2,4,6,12,14-15H2,1H3/t18-/m0/s1. The zero-order valence-electron chi connectivity index (χ0n) is 17.8. The van der Waals surface area contributed by atoms with Crippen molar-refractivity contribution in [2.24, 2.45) is 5.92 Å². The summed E-state index contributed by atoms with van der Waals surface area (Å²) in [7, 11) is 0. The molecular weight excluding hydrogens is 413 g/mol. The second-order valence-corrected chi connectivity index (χ2v) is 7.83. The Kier molecular flexibility index (Phi) is 6.30. The van der Waals surface area contributed by atoms with Crippen LogP contribution < -0.4 is 5.56 Å². The first-order valence-electron chi connectivity index (χ1n) is 10.7. The number of esters is 1. The average molecular weight is 437 g/mol. The van der Waals surface area contributed by atoms with Crippen LogP contribution in [0.4, 0.5) is 4.39 Å². The van der Waals surface area contributed by atoms with Crippen LogP contribution in [0, 0.1) is 11.7 Å². The minimum Gasteiger partial charge on any atom is -0.466 e. The number of halogens is 1. The quantitative estimate of drug-likeness (QED) is 0.573. The van der Waals surface area contributed by atoms with Gasteiger partial charge in [0.1, 0.15) is 17.0 Å². The fourth-order valence-electron chi connectivity index (χ4n) is 4.06. The molecule has 1 saturated heterocycles. The van der Waals surface area contributed by atoms with Crippen LogP contribution in [0.2, 0.25) is 0 Å². The number of fused-ring (bicyclic) bond motifs is 1. The van der Waals surface area contributed by atoms with E-state index in [1.54, 1.807) is 48.4 Å². The maximum absolute atomic E-state index is 13.4. The second-order valence-electron chi connectivity index (χ2n) is 7.83. The lowest BCUT2D eigenvalue weighted by atomic mass is 9.97. The second kappa shape index (κ2) is 9.30. The monoisotopic (exact) mass is 437 g/mol. The van der Waals surface area contributed by atoms with Crippen LogP contribution in [0.15, 0.2) is 53.5 Å². The lowest BCUT2D eigenvalue weighted by Gasteiger charge is -2.31. The first-order chi connectivity index (χ1) is 15.5. The molecular formula is C24H24FN3O4. The van der Waals surface area contributed by atoms with Gasteiger partial charge < -0.3 is 9.64 Å². The fraction of sp³-hybridized carbons (Fsp3) is 0.333. The summed E-state index contributed by atoms with van der Waals surface area (Å²) in [5.74, 6) is -1.49. The van der Waals surface area contributed by atoms with Crippen molar-refractivity contribution in [1.29, 1.82) is 0 Å². The van der Waals surface area contributed by atoms with Crippen molar-refractivity contribution in [3.05, 3.63) is 76.0 Å². The molecule has 0 spiro atoms. The number of amides is 1. The van der Waals surface area contributed by atoms with E-state index in [4.69, 9.17) is 4.74 Å². The normalized spacial score (nSPS) is 16.2. The molecule has 2 aromatic heterocycles. The Labute approximate surface area is 184 Å². The summed E-state index contributed by atoms with van der Waals surface area (Å²) in [5, 5.41) is 0.650. The average Bonchev–Trinajstić information content (AvgIpc) is 2.82. The van der Waals surface area contributed by atoms with Gasteiger partial charge in [-0.1, -0.05) is 12.1 Å². The van der Waals surface area contributed by atoms with E-state index in [9.17, 15) is 18.8 Å².